The Morgan fingerprint density at radius 2 is 1.86 bits per heavy atom. The minimum atomic E-state index is 0.272. The van der Waals surface area contributed by atoms with Gasteiger partial charge in [0, 0.05) is 6.04 Å². The minimum absolute atomic E-state index is 0.272. The highest BCUT2D eigenvalue weighted by Crippen LogP contribution is 2.35. The van der Waals surface area contributed by atoms with Crippen molar-refractivity contribution in [2.24, 2.45) is 11.3 Å². The van der Waals surface area contributed by atoms with Crippen LogP contribution in [0.5, 0.6) is 0 Å². The molecular formula is C18H29Cl2N. The summed E-state index contributed by atoms with van der Waals surface area (Å²) in [5, 5.41) is 4.96. The maximum Gasteiger partial charge on any atom is 0.0640 e. The lowest BCUT2D eigenvalue weighted by Crippen LogP contribution is -2.25. The summed E-state index contributed by atoms with van der Waals surface area (Å²) in [5.74, 6) is 0.634. The van der Waals surface area contributed by atoms with Gasteiger partial charge in [-0.25, -0.2) is 0 Å². The molecule has 120 valence electrons. The lowest BCUT2D eigenvalue weighted by atomic mass is 9.82. The molecule has 0 saturated carbocycles. The normalized spacial score (nSPS) is 15.0. The number of halogens is 2. The fraction of sp³-hybridized carbons (Fsp3) is 0.667. The van der Waals surface area contributed by atoms with Crippen LogP contribution >= 0.6 is 23.2 Å². The molecular weight excluding hydrogens is 301 g/mol. The van der Waals surface area contributed by atoms with Gasteiger partial charge in [0.1, 0.15) is 0 Å². The maximum atomic E-state index is 6.41. The quantitative estimate of drug-likeness (QED) is 0.602. The second-order valence-corrected chi connectivity index (χ2v) is 8.04. The number of nitrogens with one attached hydrogen (secondary N) is 1. The largest absolute Gasteiger partial charge is 0.310 e. The zero-order chi connectivity index (χ0) is 16.0. The zero-order valence-corrected chi connectivity index (χ0v) is 15.5. The summed E-state index contributed by atoms with van der Waals surface area (Å²) in [5.41, 5.74) is 1.48. The number of benzene rings is 1. The molecule has 0 heterocycles. The molecule has 1 nitrogen and oxygen atoms in total. The molecule has 0 amide bonds. The van der Waals surface area contributed by atoms with Crippen LogP contribution in [0.1, 0.15) is 65.5 Å². The van der Waals surface area contributed by atoms with E-state index in [9.17, 15) is 0 Å². The van der Waals surface area contributed by atoms with E-state index in [0.717, 1.165) is 24.9 Å². The van der Waals surface area contributed by atoms with Crippen LogP contribution in [0.25, 0.3) is 0 Å². The molecule has 0 saturated heterocycles. The predicted molar refractivity (Wildman–Crippen MR) is 95.3 cm³/mol. The lowest BCUT2D eigenvalue weighted by molar-refractivity contribution is 0.276. The van der Waals surface area contributed by atoms with Crippen molar-refractivity contribution in [2.75, 3.05) is 6.54 Å². The fourth-order valence-corrected chi connectivity index (χ4v) is 3.40. The van der Waals surface area contributed by atoms with Gasteiger partial charge in [-0.2, -0.15) is 0 Å². The molecule has 1 rings (SSSR count). The third-order valence-electron chi connectivity index (χ3n) is 3.60. The van der Waals surface area contributed by atoms with Gasteiger partial charge in [0.25, 0.3) is 0 Å². The SMILES string of the molecule is CCCNC(CC(C)CC(C)(C)C)c1cccc(Cl)c1Cl. The van der Waals surface area contributed by atoms with Gasteiger partial charge in [-0.3, -0.25) is 0 Å². The standard InChI is InChI=1S/C18H29Cl2N/c1-6-10-21-16(11-13(2)12-18(3,4)5)14-8-7-9-15(19)17(14)20/h7-9,13,16,21H,6,10-12H2,1-5H3. The monoisotopic (exact) mass is 329 g/mol. The molecule has 0 aromatic heterocycles. The zero-order valence-electron chi connectivity index (χ0n) is 14.0. The van der Waals surface area contributed by atoms with Crippen molar-refractivity contribution >= 4 is 23.2 Å². The van der Waals surface area contributed by atoms with Crippen LogP contribution in [-0.4, -0.2) is 6.54 Å². The minimum Gasteiger partial charge on any atom is -0.310 e. The average Bonchev–Trinajstić information content (AvgIpc) is 2.36. The second-order valence-electron chi connectivity index (χ2n) is 7.26. The molecule has 1 aromatic rings. The van der Waals surface area contributed by atoms with Gasteiger partial charge in [0.05, 0.1) is 10.0 Å². The van der Waals surface area contributed by atoms with Crippen molar-refractivity contribution < 1.29 is 0 Å². The molecule has 0 spiro atoms. The first-order valence-electron chi connectivity index (χ1n) is 7.92. The van der Waals surface area contributed by atoms with E-state index in [-0.39, 0.29) is 6.04 Å². The number of hydrogen-bond donors (Lipinski definition) is 1. The number of rotatable bonds is 7. The Labute approximate surface area is 140 Å². The molecule has 0 fully saturated rings. The average molecular weight is 330 g/mol. The van der Waals surface area contributed by atoms with E-state index in [1.807, 2.05) is 12.1 Å². The van der Waals surface area contributed by atoms with E-state index >= 15 is 0 Å². The molecule has 0 bridgehead atoms. The van der Waals surface area contributed by atoms with Crippen molar-refractivity contribution in [3.8, 4) is 0 Å². The predicted octanol–water partition coefficient (Wildman–Crippen LogP) is 6.50. The van der Waals surface area contributed by atoms with E-state index in [4.69, 9.17) is 23.2 Å². The van der Waals surface area contributed by atoms with Gasteiger partial charge in [-0.15, -0.1) is 0 Å². The third kappa shape index (κ3) is 6.59. The summed E-state index contributed by atoms with van der Waals surface area (Å²) in [4.78, 5) is 0. The summed E-state index contributed by atoms with van der Waals surface area (Å²) in [7, 11) is 0. The first-order chi connectivity index (χ1) is 9.74. The molecule has 0 aliphatic rings. The highest BCUT2D eigenvalue weighted by Gasteiger charge is 2.22. The molecule has 0 aliphatic heterocycles. The first kappa shape index (κ1) is 18.8. The van der Waals surface area contributed by atoms with Crippen LogP contribution in [0.2, 0.25) is 10.0 Å². The van der Waals surface area contributed by atoms with Gasteiger partial charge in [0.2, 0.25) is 0 Å². The van der Waals surface area contributed by atoms with Crippen molar-refractivity contribution in [1.82, 2.24) is 5.32 Å². The highest BCUT2D eigenvalue weighted by molar-refractivity contribution is 6.42. The van der Waals surface area contributed by atoms with Gasteiger partial charge < -0.3 is 5.32 Å². The van der Waals surface area contributed by atoms with Crippen LogP contribution in [0.15, 0.2) is 18.2 Å². The Morgan fingerprint density at radius 3 is 2.43 bits per heavy atom. The van der Waals surface area contributed by atoms with Crippen molar-refractivity contribution in [3.63, 3.8) is 0 Å². The Kier molecular flexibility index (Phi) is 7.53. The van der Waals surface area contributed by atoms with Crippen molar-refractivity contribution in [2.45, 2.75) is 59.9 Å². The summed E-state index contributed by atoms with van der Waals surface area (Å²) in [6.45, 7) is 12.4. The molecule has 0 radical (unpaired) electrons. The lowest BCUT2D eigenvalue weighted by Gasteiger charge is -2.28. The Hall–Kier alpha value is -0.240. The van der Waals surface area contributed by atoms with Crippen LogP contribution in [0.4, 0.5) is 0 Å². The van der Waals surface area contributed by atoms with Crippen LogP contribution in [0, 0.1) is 11.3 Å². The first-order valence-corrected chi connectivity index (χ1v) is 8.67. The molecule has 2 unspecified atom stereocenters. The Bertz CT molecular complexity index is 437. The maximum absolute atomic E-state index is 6.41. The summed E-state index contributed by atoms with van der Waals surface area (Å²) < 4.78 is 0. The smallest absolute Gasteiger partial charge is 0.0640 e. The molecule has 21 heavy (non-hydrogen) atoms. The second kappa shape index (κ2) is 8.41. The van der Waals surface area contributed by atoms with Gasteiger partial charge in [-0.05, 0) is 48.8 Å². The number of hydrogen-bond acceptors (Lipinski definition) is 1. The Morgan fingerprint density at radius 1 is 1.19 bits per heavy atom. The van der Waals surface area contributed by atoms with Crippen LogP contribution in [0.3, 0.4) is 0 Å². The van der Waals surface area contributed by atoms with E-state index in [2.05, 4.69) is 46.0 Å². The van der Waals surface area contributed by atoms with Crippen molar-refractivity contribution in [1.29, 1.82) is 0 Å². The highest BCUT2D eigenvalue weighted by atomic mass is 35.5. The molecule has 1 aromatic carbocycles. The van der Waals surface area contributed by atoms with Gasteiger partial charge in [-0.1, -0.05) is 70.0 Å². The van der Waals surface area contributed by atoms with E-state index < -0.39 is 0 Å². The molecule has 1 N–H and O–H groups in total. The molecule has 2 atom stereocenters. The van der Waals surface area contributed by atoms with Crippen LogP contribution in [-0.2, 0) is 0 Å². The third-order valence-corrected chi connectivity index (χ3v) is 4.43. The summed E-state index contributed by atoms with van der Waals surface area (Å²) >= 11 is 12.6. The topological polar surface area (TPSA) is 12.0 Å². The summed E-state index contributed by atoms with van der Waals surface area (Å²) in [6, 6.07) is 6.20. The van der Waals surface area contributed by atoms with E-state index in [1.165, 1.54) is 6.42 Å². The summed E-state index contributed by atoms with van der Waals surface area (Å²) in [6.07, 6.45) is 3.40. The fourth-order valence-electron chi connectivity index (χ4n) is 2.96. The van der Waals surface area contributed by atoms with E-state index in [1.54, 1.807) is 0 Å². The Balaban J connectivity index is 2.87. The molecule has 3 heteroatoms. The van der Waals surface area contributed by atoms with Crippen molar-refractivity contribution in [3.05, 3.63) is 33.8 Å². The molecule has 0 aliphatic carbocycles. The van der Waals surface area contributed by atoms with Crippen LogP contribution < -0.4 is 5.32 Å². The van der Waals surface area contributed by atoms with Gasteiger partial charge in [0.15, 0.2) is 0 Å². The van der Waals surface area contributed by atoms with Gasteiger partial charge >= 0.3 is 0 Å². The van der Waals surface area contributed by atoms with E-state index in [0.29, 0.717) is 21.4 Å².